The predicted molar refractivity (Wildman–Crippen MR) is 91.8 cm³/mol. The number of halogens is 1. The van der Waals surface area contributed by atoms with Crippen molar-refractivity contribution >= 4 is 21.6 Å². The maximum absolute atomic E-state index is 8.28. The van der Waals surface area contributed by atoms with Crippen LogP contribution in [0.2, 0.25) is 0 Å². The average Bonchev–Trinajstić information content (AvgIpc) is 3.07. The molecular formula is C16H28BrNO3. The van der Waals surface area contributed by atoms with Crippen LogP contribution in [-0.2, 0) is 9.47 Å². The summed E-state index contributed by atoms with van der Waals surface area (Å²) in [6.45, 7) is 6.36. The quantitative estimate of drug-likeness (QED) is 0.830. The molecule has 0 bridgehead atoms. The molecule has 0 radical (unpaired) electrons. The third kappa shape index (κ3) is 8.41. The highest BCUT2D eigenvalue weighted by Crippen LogP contribution is 2.21. The first-order chi connectivity index (χ1) is 10.2. The average molecular weight is 362 g/mol. The largest absolute Gasteiger partial charge is 0.391 e. The Morgan fingerprint density at radius 1 is 1.10 bits per heavy atom. The summed E-state index contributed by atoms with van der Waals surface area (Å²) in [4.78, 5) is 2.44. The molecule has 0 aliphatic carbocycles. The van der Waals surface area contributed by atoms with E-state index >= 15 is 0 Å². The summed E-state index contributed by atoms with van der Waals surface area (Å²) in [6, 6.07) is 8.56. The van der Waals surface area contributed by atoms with Crippen molar-refractivity contribution in [2.24, 2.45) is 0 Å². The van der Waals surface area contributed by atoms with E-state index in [1.807, 2.05) is 13.8 Å². The van der Waals surface area contributed by atoms with Crippen molar-refractivity contribution in [1.29, 1.82) is 0 Å². The number of benzene rings is 1. The molecular weight excluding hydrogens is 334 g/mol. The van der Waals surface area contributed by atoms with Gasteiger partial charge in [-0.1, -0.05) is 29.8 Å². The smallest absolute Gasteiger partial charge is 0.179 e. The van der Waals surface area contributed by atoms with Gasteiger partial charge in [-0.25, -0.2) is 0 Å². The molecule has 0 saturated carbocycles. The number of aliphatic hydroxyl groups excluding tert-OH is 1. The highest BCUT2D eigenvalue weighted by Gasteiger charge is 2.11. The number of rotatable bonds is 4. The van der Waals surface area contributed by atoms with Gasteiger partial charge in [-0.05, 0) is 37.1 Å². The van der Waals surface area contributed by atoms with Gasteiger partial charge in [0, 0.05) is 37.5 Å². The molecule has 4 nitrogen and oxygen atoms in total. The number of hydrogen-bond acceptors (Lipinski definition) is 4. The Kier molecular flexibility index (Phi) is 12.7. The normalized spacial score (nSPS) is 13.4. The summed E-state index contributed by atoms with van der Waals surface area (Å²) in [5, 5.41) is 8.28. The highest BCUT2D eigenvalue weighted by molar-refractivity contribution is 9.10. The van der Waals surface area contributed by atoms with Crippen LogP contribution >= 0.6 is 15.9 Å². The molecule has 122 valence electrons. The monoisotopic (exact) mass is 361 g/mol. The maximum Gasteiger partial charge on any atom is 0.179 e. The van der Waals surface area contributed by atoms with Crippen LogP contribution in [0.25, 0.3) is 0 Å². The minimum absolute atomic E-state index is 0.0903. The molecule has 1 aliphatic heterocycles. The van der Waals surface area contributed by atoms with Gasteiger partial charge in [-0.3, -0.25) is 0 Å². The molecule has 1 aliphatic rings. The molecule has 0 amide bonds. The zero-order valence-corrected chi connectivity index (χ0v) is 15.1. The molecule has 21 heavy (non-hydrogen) atoms. The van der Waals surface area contributed by atoms with Gasteiger partial charge in [0.05, 0.1) is 6.61 Å². The number of hydrogen-bond donors (Lipinski definition) is 1. The number of aliphatic hydroxyl groups is 1. The molecule has 1 aromatic rings. The van der Waals surface area contributed by atoms with E-state index in [1.54, 1.807) is 0 Å². The Morgan fingerprint density at radius 3 is 1.90 bits per heavy atom. The van der Waals surface area contributed by atoms with Crippen molar-refractivity contribution in [2.45, 2.75) is 33.0 Å². The Balaban J connectivity index is 0.000000385. The van der Waals surface area contributed by atoms with E-state index in [0.717, 1.165) is 4.47 Å². The predicted octanol–water partition coefficient (Wildman–Crippen LogP) is 3.67. The van der Waals surface area contributed by atoms with Gasteiger partial charge < -0.3 is 19.5 Å². The van der Waals surface area contributed by atoms with Gasteiger partial charge in [-0.2, -0.15) is 0 Å². The Hall–Kier alpha value is -0.620. The summed E-state index contributed by atoms with van der Waals surface area (Å²) in [6.07, 6.45) is 2.23. The lowest BCUT2D eigenvalue weighted by atomic mass is 10.3. The fourth-order valence-electron chi connectivity index (χ4n) is 1.87. The van der Waals surface area contributed by atoms with Gasteiger partial charge in [0.2, 0.25) is 0 Å². The molecule has 1 saturated heterocycles. The van der Waals surface area contributed by atoms with Crippen LogP contribution in [0.4, 0.5) is 5.69 Å². The van der Waals surface area contributed by atoms with Gasteiger partial charge in [0.25, 0.3) is 0 Å². The second kappa shape index (κ2) is 13.1. The maximum atomic E-state index is 8.28. The summed E-state index contributed by atoms with van der Waals surface area (Å²) in [5.41, 5.74) is 1.36. The van der Waals surface area contributed by atoms with Crippen molar-refractivity contribution in [3.05, 3.63) is 28.7 Å². The summed E-state index contributed by atoms with van der Waals surface area (Å²) >= 11 is 3.44. The number of methoxy groups -OCH3 is 2. The molecule has 1 heterocycles. The molecule has 1 aromatic carbocycles. The molecule has 5 heteroatoms. The van der Waals surface area contributed by atoms with Crippen LogP contribution in [0.5, 0.6) is 0 Å². The van der Waals surface area contributed by atoms with E-state index in [4.69, 9.17) is 5.11 Å². The molecule has 0 spiro atoms. The van der Waals surface area contributed by atoms with E-state index in [2.05, 4.69) is 54.6 Å². The number of ether oxygens (including phenoxy) is 2. The molecule has 1 fully saturated rings. The van der Waals surface area contributed by atoms with Crippen LogP contribution in [0.1, 0.15) is 26.7 Å². The summed E-state index contributed by atoms with van der Waals surface area (Å²) in [7, 11) is 2.95. The van der Waals surface area contributed by atoms with Crippen LogP contribution in [-0.4, -0.2) is 45.3 Å². The van der Waals surface area contributed by atoms with Crippen LogP contribution < -0.4 is 4.90 Å². The Morgan fingerprint density at radius 2 is 1.57 bits per heavy atom. The third-order valence-corrected chi connectivity index (χ3v) is 3.50. The van der Waals surface area contributed by atoms with E-state index in [0.29, 0.717) is 0 Å². The molecule has 2 rings (SSSR count). The van der Waals surface area contributed by atoms with Crippen LogP contribution in [0.15, 0.2) is 28.7 Å². The van der Waals surface area contributed by atoms with Gasteiger partial charge in [0.15, 0.2) is 6.29 Å². The minimum atomic E-state index is -0.458. The van der Waals surface area contributed by atoms with Crippen molar-refractivity contribution in [3.8, 4) is 0 Å². The second-order valence-corrected chi connectivity index (χ2v) is 5.17. The lowest BCUT2D eigenvalue weighted by molar-refractivity contribution is -0.127. The second-order valence-electron chi connectivity index (χ2n) is 4.25. The Labute approximate surface area is 137 Å². The van der Waals surface area contributed by atoms with Crippen molar-refractivity contribution in [1.82, 2.24) is 0 Å². The van der Waals surface area contributed by atoms with E-state index in [-0.39, 0.29) is 6.61 Å². The first-order valence-electron chi connectivity index (χ1n) is 7.38. The van der Waals surface area contributed by atoms with E-state index in [9.17, 15) is 0 Å². The topological polar surface area (TPSA) is 41.9 Å². The van der Waals surface area contributed by atoms with E-state index < -0.39 is 6.29 Å². The summed E-state index contributed by atoms with van der Waals surface area (Å²) < 4.78 is 10.3. The standard InChI is InChI=1S/C10H12BrN.C4H10O3.C2H6/c11-9-3-5-10(6-4-9)12-7-1-2-8-12;1-6-4(3-5)7-2;1-2/h3-6H,1-2,7-8H2;4-5H,3H2,1-2H3;1-2H3. The van der Waals surface area contributed by atoms with Crippen LogP contribution in [0.3, 0.4) is 0 Å². The number of anilines is 1. The van der Waals surface area contributed by atoms with Crippen molar-refractivity contribution < 1.29 is 14.6 Å². The Bertz CT molecular complexity index is 330. The highest BCUT2D eigenvalue weighted by atomic mass is 79.9. The SMILES string of the molecule is Brc1ccc(N2CCCC2)cc1.CC.COC(CO)OC. The van der Waals surface area contributed by atoms with Crippen molar-refractivity contribution in [3.63, 3.8) is 0 Å². The van der Waals surface area contributed by atoms with Gasteiger partial charge in [0.1, 0.15) is 0 Å². The first kappa shape index (κ1) is 20.4. The van der Waals surface area contributed by atoms with E-state index in [1.165, 1.54) is 45.8 Å². The molecule has 0 aromatic heterocycles. The first-order valence-corrected chi connectivity index (χ1v) is 8.17. The van der Waals surface area contributed by atoms with Crippen molar-refractivity contribution in [2.75, 3.05) is 38.8 Å². The molecule has 0 atom stereocenters. The van der Waals surface area contributed by atoms with Crippen LogP contribution in [0, 0.1) is 0 Å². The fraction of sp³-hybridized carbons (Fsp3) is 0.625. The fourth-order valence-corrected chi connectivity index (χ4v) is 2.14. The molecule has 1 N–H and O–H groups in total. The minimum Gasteiger partial charge on any atom is -0.391 e. The lowest BCUT2D eigenvalue weighted by Gasteiger charge is -2.16. The zero-order valence-electron chi connectivity index (χ0n) is 13.5. The number of nitrogens with zero attached hydrogens (tertiary/aromatic N) is 1. The zero-order chi connectivity index (χ0) is 16.1. The lowest BCUT2D eigenvalue weighted by Crippen LogP contribution is -2.17. The third-order valence-electron chi connectivity index (χ3n) is 2.97. The van der Waals surface area contributed by atoms with Gasteiger partial charge in [-0.15, -0.1) is 0 Å². The van der Waals surface area contributed by atoms with Gasteiger partial charge >= 0.3 is 0 Å². The summed E-state index contributed by atoms with van der Waals surface area (Å²) in [5.74, 6) is 0. The molecule has 0 unspecified atom stereocenters.